The molecular formula is C60H40N2. The van der Waals surface area contributed by atoms with Gasteiger partial charge in [-0.05, 0) is 103 Å². The molecule has 1 aromatic heterocycles. The van der Waals surface area contributed by atoms with Gasteiger partial charge in [-0.15, -0.1) is 0 Å². The third-order valence-electron chi connectivity index (χ3n) is 12.5. The average molecular weight is 789 g/mol. The lowest BCUT2D eigenvalue weighted by atomic mass is 9.85. The summed E-state index contributed by atoms with van der Waals surface area (Å²) < 4.78 is 2.42. The van der Waals surface area contributed by atoms with Crippen molar-refractivity contribution in [2.75, 3.05) is 4.90 Å². The number of fused-ring (bicyclic) bond motifs is 7. The maximum Gasteiger partial charge on any atom is 0.0619 e. The van der Waals surface area contributed by atoms with Crippen molar-refractivity contribution in [1.29, 1.82) is 0 Å². The summed E-state index contributed by atoms with van der Waals surface area (Å²) in [5.74, 6) is 0. The van der Waals surface area contributed by atoms with E-state index in [1.807, 2.05) is 0 Å². The molecule has 12 aromatic rings. The molecule has 0 aliphatic heterocycles. The summed E-state index contributed by atoms with van der Waals surface area (Å²) >= 11 is 0. The van der Waals surface area contributed by atoms with Crippen molar-refractivity contribution in [2.24, 2.45) is 0 Å². The van der Waals surface area contributed by atoms with E-state index in [1.165, 1.54) is 87.5 Å². The zero-order valence-corrected chi connectivity index (χ0v) is 34.0. The van der Waals surface area contributed by atoms with Crippen molar-refractivity contribution >= 4 is 71.2 Å². The Morgan fingerprint density at radius 1 is 0.306 bits per heavy atom. The topological polar surface area (TPSA) is 8.17 Å². The van der Waals surface area contributed by atoms with Gasteiger partial charge in [0.05, 0.1) is 16.7 Å². The lowest BCUT2D eigenvalue weighted by Crippen LogP contribution is -2.10. The minimum Gasteiger partial charge on any atom is -0.310 e. The summed E-state index contributed by atoms with van der Waals surface area (Å²) in [6, 6.07) is 88.5. The number of anilines is 3. The van der Waals surface area contributed by atoms with Crippen molar-refractivity contribution in [3.05, 3.63) is 243 Å². The van der Waals surface area contributed by atoms with Gasteiger partial charge in [-0.2, -0.15) is 0 Å². The van der Waals surface area contributed by atoms with E-state index in [4.69, 9.17) is 0 Å². The summed E-state index contributed by atoms with van der Waals surface area (Å²) in [5, 5.41) is 9.85. The van der Waals surface area contributed by atoms with Crippen LogP contribution in [-0.2, 0) is 0 Å². The van der Waals surface area contributed by atoms with E-state index < -0.39 is 0 Å². The van der Waals surface area contributed by atoms with E-state index in [9.17, 15) is 0 Å². The highest BCUT2D eigenvalue weighted by molar-refractivity contribution is 6.22. The van der Waals surface area contributed by atoms with Crippen molar-refractivity contribution in [3.63, 3.8) is 0 Å². The summed E-state index contributed by atoms with van der Waals surface area (Å²) in [6.45, 7) is 0. The molecule has 0 spiro atoms. The van der Waals surface area contributed by atoms with Crippen LogP contribution < -0.4 is 4.90 Å². The number of nitrogens with zero attached hydrogens (tertiary/aromatic N) is 2. The van der Waals surface area contributed by atoms with Gasteiger partial charge in [-0.1, -0.05) is 194 Å². The van der Waals surface area contributed by atoms with Crippen molar-refractivity contribution in [1.82, 2.24) is 4.57 Å². The molecule has 290 valence electrons. The van der Waals surface area contributed by atoms with Gasteiger partial charge >= 0.3 is 0 Å². The maximum atomic E-state index is 2.44. The van der Waals surface area contributed by atoms with Crippen LogP contribution in [0.2, 0.25) is 0 Å². The Balaban J connectivity index is 1.10. The molecule has 0 saturated carbocycles. The van der Waals surface area contributed by atoms with Crippen LogP contribution in [0.25, 0.3) is 93.2 Å². The van der Waals surface area contributed by atoms with Crippen LogP contribution in [0.15, 0.2) is 243 Å². The molecule has 0 saturated heterocycles. The SMILES string of the molecule is c1ccc(-c2c(-c3ccccc3)c3cc(N(c4ccc(-c5cccc6c7ccccc7n(-c7ccccc7)c56)cc4)c4cccc5ccccc45)ccc3c3ccccc23)cc1. The fourth-order valence-corrected chi connectivity index (χ4v) is 9.85. The van der Waals surface area contributed by atoms with E-state index in [0.29, 0.717) is 0 Å². The quantitative estimate of drug-likeness (QED) is 0.146. The fraction of sp³-hybridized carbons (Fsp3) is 0. The third kappa shape index (κ3) is 5.80. The number of hydrogen-bond acceptors (Lipinski definition) is 1. The summed E-state index contributed by atoms with van der Waals surface area (Å²) in [4.78, 5) is 2.44. The van der Waals surface area contributed by atoms with Crippen LogP contribution in [0.3, 0.4) is 0 Å². The minimum absolute atomic E-state index is 1.09. The first-order valence-corrected chi connectivity index (χ1v) is 21.4. The second-order valence-electron chi connectivity index (χ2n) is 16.0. The molecule has 0 aliphatic carbocycles. The van der Waals surface area contributed by atoms with Gasteiger partial charge in [0, 0.05) is 38.8 Å². The first kappa shape index (κ1) is 35.7. The molecule has 12 rings (SSSR count). The molecule has 11 aromatic carbocycles. The Morgan fingerprint density at radius 3 is 1.58 bits per heavy atom. The molecule has 0 fully saturated rings. The lowest BCUT2D eigenvalue weighted by Gasteiger charge is -2.28. The summed E-state index contributed by atoms with van der Waals surface area (Å²) in [5.41, 5.74) is 14.1. The van der Waals surface area contributed by atoms with Crippen molar-refractivity contribution in [2.45, 2.75) is 0 Å². The lowest BCUT2D eigenvalue weighted by molar-refractivity contribution is 1.18. The first-order valence-electron chi connectivity index (χ1n) is 21.4. The average Bonchev–Trinajstić information content (AvgIpc) is 3.69. The predicted molar refractivity (Wildman–Crippen MR) is 264 cm³/mol. The van der Waals surface area contributed by atoms with E-state index in [-0.39, 0.29) is 0 Å². The number of hydrogen-bond donors (Lipinski definition) is 0. The number of aromatic nitrogens is 1. The molecule has 62 heavy (non-hydrogen) atoms. The Hall–Kier alpha value is -8.20. The van der Waals surface area contributed by atoms with Crippen molar-refractivity contribution < 1.29 is 0 Å². The predicted octanol–water partition coefficient (Wildman–Crippen LogP) is 16.7. The van der Waals surface area contributed by atoms with Crippen LogP contribution >= 0.6 is 0 Å². The van der Waals surface area contributed by atoms with Gasteiger partial charge < -0.3 is 9.47 Å². The van der Waals surface area contributed by atoms with Crippen LogP contribution in [0.5, 0.6) is 0 Å². The largest absolute Gasteiger partial charge is 0.310 e. The van der Waals surface area contributed by atoms with Crippen LogP contribution in [-0.4, -0.2) is 4.57 Å². The highest BCUT2D eigenvalue weighted by atomic mass is 15.1. The van der Waals surface area contributed by atoms with Crippen molar-refractivity contribution in [3.8, 4) is 39.1 Å². The Morgan fingerprint density at radius 2 is 0.839 bits per heavy atom. The Bertz CT molecular complexity index is 3600. The maximum absolute atomic E-state index is 2.44. The minimum atomic E-state index is 1.09. The second kappa shape index (κ2) is 14.8. The van der Waals surface area contributed by atoms with Crippen LogP contribution in [0, 0.1) is 0 Å². The van der Waals surface area contributed by atoms with Gasteiger partial charge in [0.1, 0.15) is 0 Å². The summed E-state index contributed by atoms with van der Waals surface area (Å²) in [7, 11) is 0. The normalized spacial score (nSPS) is 11.5. The second-order valence-corrected chi connectivity index (χ2v) is 16.0. The fourth-order valence-electron chi connectivity index (χ4n) is 9.85. The smallest absolute Gasteiger partial charge is 0.0619 e. The van der Waals surface area contributed by atoms with Crippen LogP contribution in [0.1, 0.15) is 0 Å². The molecule has 0 radical (unpaired) electrons. The third-order valence-corrected chi connectivity index (χ3v) is 12.5. The molecule has 1 heterocycles. The molecule has 0 N–H and O–H groups in total. The van der Waals surface area contributed by atoms with Gasteiger partial charge in [-0.3, -0.25) is 0 Å². The monoisotopic (exact) mass is 788 g/mol. The highest BCUT2D eigenvalue weighted by Gasteiger charge is 2.22. The molecule has 2 nitrogen and oxygen atoms in total. The van der Waals surface area contributed by atoms with Gasteiger partial charge in [0.25, 0.3) is 0 Å². The van der Waals surface area contributed by atoms with Gasteiger partial charge in [0.15, 0.2) is 0 Å². The Labute approximate surface area is 360 Å². The standard InChI is InChI=1S/C60H40N2/c1-4-19-43(20-5-1)58-53-29-13-12-27-50(53)51-39-38-47(40-55(51)59(58)44-21-6-2-7-22-44)61(56-33-16-23-41-18-10-11-26-48(41)56)46-36-34-42(35-37-46)49-30-17-31-54-52-28-14-15-32-57(52)62(60(49)54)45-24-8-3-9-25-45/h1-40H. The number of para-hydroxylation sites is 3. The molecule has 0 bridgehead atoms. The molecule has 0 amide bonds. The zero-order chi connectivity index (χ0) is 41.0. The van der Waals surface area contributed by atoms with Gasteiger partial charge in [0.2, 0.25) is 0 Å². The molecule has 0 aliphatic rings. The van der Waals surface area contributed by atoms with E-state index in [0.717, 1.165) is 22.7 Å². The van der Waals surface area contributed by atoms with E-state index in [1.54, 1.807) is 0 Å². The number of benzene rings is 11. The highest BCUT2D eigenvalue weighted by Crippen LogP contribution is 2.48. The molecule has 2 heteroatoms. The summed E-state index contributed by atoms with van der Waals surface area (Å²) in [6.07, 6.45) is 0. The Kier molecular flexibility index (Phi) is 8.53. The van der Waals surface area contributed by atoms with E-state index in [2.05, 4.69) is 252 Å². The molecule has 0 atom stereocenters. The molecular weight excluding hydrogens is 749 g/mol. The molecule has 0 unspecified atom stereocenters. The van der Waals surface area contributed by atoms with E-state index >= 15 is 0 Å². The van der Waals surface area contributed by atoms with Crippen LogP contribution in [0.4, 0.5) is 17.1 Å². The number of rotatable bonds is 7. The first-order chi connectivity index (χ1) is 30.8. The van der Waals surface area contributed by atoms with Gasteiger partial charge in [-0.25, -0.2) is 0 Å². The zero-order valence-electron chi connectivity index (χ0n) is 34.0.